The topological polar surface area (TPSA) is 52.0 Å². The van der Waals surface area contributed by atoms with E-state index in [0.29, 0.717) is 17.4 Å². The van der Waals surface area contributed by atoms with Crippen molar-refractivity contribution in [1.82, 2.24) is 9.55 Å². The van der Waals surface area contributed by atoms with Gasteiger partial charge in [0, 0.05) is 29.9 Å². The Kier molecular flexibility index (Phi) is 6.27. The zero-order valence-corrected chi connectivity index (χ0v) is 18.7. The Morgan fingerprint density at radius 1 is 1.03 bits per heavy atom. The molecular formula is C24H30N2O2S. The summed E-state index contributed by atoms with van der Waals surface area (Å²) in [4.78, 5) is 4.92. The zero-order chi connectivity index (χ0) is 21.2. The summed E-state index contributed by atoms with van der Waals surface area (Å²) in [7, 11) is -2.71. The fourth-order valence-electron chi connectivity index (χ4n) is 3.72. The third-order valence-electron chi connectivity index (χ3n) is 4.95. The normalized spacial score (nSPS) is 12.1. The summed E-state index contributed by atoms with van der Waals surface area (Å²) in [5, 5.41) is 0. The summed E-state index contributed by atoms with van der Waals surface area (Å²) in [6.07, 6.45) is 4.68. The maximum atomic E-state index is 12.1. The van der Waals surface area contributed by atoms with Crippen molar-refractivity contribution in [1.29, 1.82) is 0 Å². The Labute approximate surface area is 175 Å². The van der Waals surface area contributed by atoms with Crippen molar-refractivity contribution in [3.05, 3.63) is 71.8 Å². The lowest BCUT2D eigenvalue weighted by Crippen LogP contribution is -2.20. The van der Waals surface area contributed by atoms with Gasteiger partial charge in [0.15, 0.2) is 10.7 Å². The second-order valence-corrected chi connectivity index (χ2v) is 9.98. The van der Waals surface area contributed by atoms with Gasteiger partial charge in [-0.05, 0) is 41.2 Å². The van der Waals surface area contributed by atoms with Crippen LogP contribution in [0.2, 0.25) is 0 Å². The number of rotatable bonds is 6. The van der Waals surface area contributed by atoms with Gasteiger partial charge in [-0.3, -0.25) is 0 Å². The molecule has 154 valence electrons. The molecule has 0 bridgehead atoms. The van der Waals surface area contributed by atoms with Gasteiger partial charge in [-0.1, -0.05) is 65.0 Å². The van der Waals surface area contributed by atoms with Crippen LogP contribution in [0.3, 0.4) is 0 Å². The number of thiol groups is 1. The third kappa shape index (κ3) is 4.96. The van der Waals surface area contributed by atoms with Crippen LogP contribution in [0, 0.1) is 5.92 Å². The highest BCUT2D eigenvalue weighted by atomic mass is 32.2. The van der Waals surface area contributed by atoms with Crippen LogP contribution in [0.4, 0.5) is 0 Å². The summed E-state index contributed by atoms with van der Waals surface area (Å²) in [6.45, 7) is 11.4. The standard InChI is InChI=1S/C24H30N2O2S/c1-17(2)13-19-14-21(18-9-7-6-8-10-18)22(29(27)28)15-20(19)16-26-12-11-25-23(26)24(3,4)5/h6-12,14-15,17,29H,13,16H2,1-5H3. The molecule has 4 nitrogen and oxygen atoms in total. The zero-order valence-electron chi connectivity index (χ0n) is 17.8. The molecule has 2 aromatic carbocycles. The summed E-state index contributed by atoms with van der Waals surface area (Å²) in [6, 6.07) is 13.7. The molecule has 0 fully saturated rings. The fourth-order valence-corrected chi connectivity index (χ4v) is 4.37. The molecular weight excluding hydrogens is 380 g/mol. The summed E-state index contributed by atoms with van der Waals surface area (Å²) in [5.41, 5.74) is 3.85. The van der Waals surface area contributed by atoms with E-state index in [1.807, 2.05) is 48.8 Å². The van der Waals surface area contributed by atoms with Crippen LogP contribution in [0.5, 0.6) is 0 Å². The van der Waals surface area contributed by atoms with Gasteiger partial charge in [-0.15, -0.1) is 0 Å². The van der Waals surface area contributed by atoms with E-state index in [1.165, 1.54) is 5.56 Å². The maximum absolute atomic E-state index is 12.1. The second kappa shape index (κ2) is 8.54. The van der Waals surface area contributed by atoms with E-state index in [4.69, 9.17) is 0 Å². The van der Waals surface area contributed by atoms with E-state index in [-0.39, 0.29) is 5.41 Å². The molecule has 29 heavy (non-hydrogen) atoms. The maximum Gasteiger partial charge on any atom is 0.168 e. The van der Waals surface area contributed by atoms with Crippen molar-refractivity contribution in [2.45, 2.75) is 57.9 Å². The van der Waals surface area contributed by atoms with Crippen molar-refractivity contribution in [3.8, 4) is 11.1 Å². The Balaban J connectivity index is 2.16. The largest absolute Gasteiger partial charge is 0.330 e. The number of benzene rings is 2. The van der Waals surface area contributed by atoms with Gasteiger partial charge < -0.3 is 4.57 Å². The Bertz CT molecular complexity index is 1050. The van der Waals surface area contributed by atoms with Crippen molar-refractivity contribution in [2.24, 2.45) is 5.92 Å². The molecule has 0 atom stereocenters. The van der Waals surface area contributed by atoms with Crippen molar-refractivity contribution >= 4 is 10.7 Å². The molecule has 0 radical (unpaired) electrons. The number of imidazole rings is 1. The summed E-state index contributed by atoms with van der Waals surface area (Å²) >= 11 is 0. The van der Waals surface area contributed by atoms with Gasteiger partial charge in [-0.25, -0.2) is 13.4 Å². The van der Waals surface area contributed by atoms with Crippen LogP contribution in [-0.2, 0) is 29.1 Å². The van der Waals surface area contributed by atoms with E-state index in [9.17, 15) is 8.42 Å². The minimum absolute atomic E-state index is 0.0851. The van der Waals surface area contributed by atoms with Crippen molar-refractivity contribution in [2.75, 3.05) is 0 Å². The highest BCUT2D eigenvalue weighted by Crippen LogP contribution is 2.31. The summed E-state index contributed by atoms with van der Waals surface area (Å²) < 4.78 is 26.4. The molecule has 0 aliphatic carbocycles. The summed E-state index contributed by atoms with van der Waals surface area (Å²) in [5.74, 6) is 1.46. The number of nitrogens with zero attached hydrogens (tertiary/aromatic N) is 2. The number of hydrogen-bond acceptors (Lipinski definition) is 3. The number of aromatic nitrogens is 2. The smallest absolute Gasteiger partial charge is 0.168 e. The predicted molar refractivity (Wildman–Crippen MR) is 119 cm³/mol. The van der Waals surface area contributed by atoms with E-state index in [0.717, 1.165) is 28.9 Å². The Morgan fingerprint density at radius 2 is 1.72 bits per heavy atom. The third-order valence-corrected chi connectivity index (χ3v) is 5.72. The molecule has 3 aromatic rings. The van der Waals surface area contributed by atoms with Crippen LogP contribution in [0.25, 0.3) is 11.1 Å². The molecule has 3 rings (SSSR count). The lowest BCUT2D eigenvalue weighted by Gasteiger charge is -2.22. The van der Waals surface area contributed by atoms with Gasteiger partial charge in [-0.2, -0.15) is 0 Å². The Hall–Kier alpha value is -2.40. The van der Waals surface area contributed by atoms with Gasteiger partial charge >= 0.3 is 0 Å². The highest BCUT2D eigenvalue weighted by molar-refractivity contribution is 7.72. The minimum atomic E-state index is -2.71. The van der Waals surface area contributed by atoms with Crippen LogP contribution < -0.4 is 0 Å². The van der Waals surface area contributed by atoms with Gasteiger partial charge in [0.05, 0.1) is 4.90 Å². The van der Waals surface area contributed by atoms with Crippen molar-refractivity contribution in [3.63, 3.8) is 0 Å². The molecule has 0 spiro atoms. The van der Waals surface area contributed by atoms with Gasteiger partial charge in [0.2, 0.25) is 0 Å². The molecule has 1 aromatic heterocycles. The Morgan fingerprint density at radius 3 is 2.31 bits per heavy atom. The highest BCUT2D eigenvalue weighted by Gasteiger charge is 2.21. The van der Waals surface area contributed by atoms with Gasteiger partial charge in [0.25, 0.3) is 0 Å². The first-order valence-electron chi connectivity index (χ1n) is 10.0. The van der Waals surface area contributed by atoms with Crippen LogP contribution in [-0.4, -0.2) is 18.0 Å². The quantitative estimate of drug-likeness (QED) is 0.578. The lowest BCUT2D eigenvalue weighted by molar-refractivity contribution is 0.510. The first kappa shape index (κ1) is 21.3. The van der Waals surface area contributed by atoms with Crippen LogP contribution >= 0.6 is 0 Å². The van der Waals surface area contributed by atoms with E-state index < -0.39 is 10.7 Å². The second-order valence-electron chi connectivity index (χ2n) is 8.99. The molecule has 0 amide bonds. The molecule has 0 saturated carbocycles. The number of hydrogen-bond donors (Lipinski definition) is 1. The van der Waals surface area contributed by atoms with Crippen LogP contribution in [0.15, 0.2) is 59.8 Å². The predicted octanol–water partition coefficient (Wildman–Crippen LogP) is 5.06. The van der Waals surface area contributed by atoms with E-state index in [2.05, 4.69) is 50.2 Å². The monoisotopic (exact) mass is 410 g/mol. The van der Waals surface area contributed by atoms with Gasteiger partial charge in [0.1, 0.15) is 5.82 Å². The van der Waals surface area contributed by atoms with Crippen molar-refractivity contribution < 1.29 is 8.42 Å². The molecule has 0 aliphatic heterocycles. The molecule has 5 heteroatoms. The molecule has 0 aliphatic rings. The minimum Gasteiger partial charge on any atom is -0.330 e. The lowest BCUT2D eigenvalue weighted by atomic mass is 9.92. The average molecular weight is 411 g/mol. The first-order chi connectivity index (χ1) is 13.7. The molecule has 0 N–H and O–H groups in total. The van der Waals surface area contributed by atoms with E-state index >= 15 is 0 Å². The van der Waals surface area contributed by atoms with Crippen LogP contribution in [0.1, 0.15) is 51.6 Å². The molecule has 1 heterocycles. The van der Waals surface area contributed by atoms with E-state index in [1.54, 1.807) is 0 Å². The average Bonchev–Trinajstić information content (AvgIpc) is 3.11. The molecule has 0 saturated heterocycles. The molecule has 0 unspecified atom stereocenters. The fraction of sp³-hybridized carbons (Fsp3) is 0.375. The SMILES string of the molecule is CC(C)Cc1cc(-c2ccccc2)c([SH](=O)=O)cc1Cn1ccnc1C(C)(C)C. The first-order valence-corrected chi connectivity index (χ1v) is 11.2.